The zero-order chi connectivity index (χ0) is 18.9. The van der Waals surface area contributed by atoms with Gasteiger partial charge in [-0.3, -0.25) is 4.98 Å². The van der Waals surface area contributed by atoms with E-state index in [2.05, 4.69) is 20.6 Å². The predicted octanol–water partition coefficient (Wildman–Crippen LogP) is 4.61. The summed E-state index contributed by atoms with van der Waals surface area (Å²) in [6, 6.07) is 21.4. The van der Waals surface area contributed by atoms with Crippen molar-refractivity contribution in [3.05, 3.63) is 83.6 Å². The first-order valence-corrected chi connectivity index (χ1v) is 9.21. The van der Waals surface area contributed by atoms with Crippen LogP contribution in [0.15, 0.2) is 72.9 Å². The molecule has 0 unspecified atom stereocenters. The van der Waals surface area contributed by atoms with Crippen molar-refractivity contribution in [2.24, 2.45) is 0 Å². The van der Waals surface area contributed by atoms with E-state index >= 15 is 0 Å². The lowest BCUT2D eigenvalue weighted by atomic mass is 10.1. The molecule has 0 saturated carbocycles. The first-order chi connectivity index (χ1) is 13.8. The van der Waals surface area contributed by atoms with Crippen LogP contribution in [0.1, 0.15) is 5.69 Å². The molecule has 136 valence electrons. The van der Waals surface area contributed by atoms with Gasteiger partial charge in [0.05, 0.1) is 17.8 Å². The molecule has 0 spiro atoms. The van der Waals surface area contributed by atoms with Crippen molar-refractivity contribution in [2.75, 3.05) is 5.32 Å². The Hall–Kier alpha value is -3.51. The Morgan fingerprint density at radius 3 is 2.71 bits per heavy atom. The molecule has 0 atom stereocenters. The van der Waals surface area contributed by atoms with Crippen LogP contribution in [0, 0.1) is 0 Å². The number of nitrogens with one attached hydrogen (secondary N) is 1. The fraction of sp³-hybridized carbons (Fsp3) is 0.0476. The molecule has 3 heterocycles. The van der Waals surface area contributed by atoms with Gasteiger partial charge in [0.2, 0.25) is 0 Å². The number of para-hydroxylation sites is 1. The molecule has 28 heavy (non-hydrogen) atoms. The molecule has 0 saturated heterocycles. The van der Waals surface area contributed by atoms with Gasteiger partial charge in [-0.25, -0.2) is 4.98 Å². The molecule has 0 fully saturated rings. The van der Waals surface area contributed by atoms with Crippen molar-refractivity contribution in [1.82, 2.24) is 24.8 Å². The number of halogens is 1. The summed E-state index contributed by atoms with van der Waals surface area (Å²) in [4.78, 5) is 9.21. The Balaban J connectivity index is 1.67. The van der Waals surface area contributed by atoms with E-state index < -0.39 is 0 Å². The van der Waals surface area contributed by atoms with Gasteiger partial charge in [-0.2, -0.15) is 4.52 Å². The third-order valence-electron chi connectivity index (χ3n) is 4.51. The third kappa shape index (κ3) is 2.93. The number of nitrogens with zero attached hydrogens (tertiary/aromatic N) is 5. The quantitative estimate of drug-likeness (QED) is 0.488. The average molecular weight is 387 g/mol. The van der Waals surface area contributed by atoms with Crippen LogP contribution in [0.3, 0.4) is 0 Å². The normalized spacial score (nSPS) is 11.2. The standard InChI is InChI=1S/C21H15ClN6/c22-15-7-5-6-14(12-15)19-21-25-20(24-13-16-8-3-4-11-23-16)17-9-1-2-10-18(17)28(21)27-26-19/h1-12H,13H2,(H,24,25). The van der Waals surface area contributed by atoms with Gasteiger partial charge in [0, 0.05) is 22.2 Å². The molecule has 7 heteroatoms. The average Bonchev–Trinajstić information content (AvgIpc) is 3.17. The van der Waals surface area contributed by atoms with Gasteiger partial charge in [-0.1, -0.05) is 47.1 Å². The third-order valence-corrected chi connectivity index (χ3v) is 4.75. The van der Waals surface area contributed by atoms with E-state index in [4.69, 9.17) is 16.6 Å². The molecule has 0 bridgehead atoms. The van der Waals surface area contributed by atoms with E-state index in [-0.39, 0.29) is 0 Å². The summed E-state index contributed by atoms with van der Waals surface area (Å²) < 4.78 is 1.76. The predicted molar refractivity (Wildman–Crippen MR) is 110 cm³/mol. The van der Waals surface area contributed by atoms with Crippen molar-refractivity contribution >= 4 is 34.0 Å². The van der Waals surface area contributed by atoms with Crippen LogP contribution in [0.25, 0.3) is 27.8 Å². The number of pyridine rings is 1. The lowest BCUT2D eigenvalue weighted by Gasteiger charge is -2.10. The maximum absolute atomic E-state index is 6.16. The molecule has 2 aromatic carbocycles. The zero-order valence-corrected chi connectivity index (χ0v) is 15.5. The summed E-state index contributed by atoms with van der Waals surface area (Å²) in [7, 11) is 0. The Bertz CT molecular complexity index is 1280. The topological polar surface area (TPSA) is 68.0 Å². The largest absolute Gasteiger partial charge is 0.364 e. The van der Waals surface area contributed by atoms with Gasteiger partial charge in [0.25, 0.3) is 0 Å². The molecular weight excluding hydrogens is 372 g/mol. The maximum Gasteiger partial charge on any atom is 0.186 e. The highest BCUT2D eigenvalue weighted by atomic mass is 35.5. The second-order valence-corrected chi connectivity index (χ2v) is 6.77. The lowest BCUT2D eigenvalue weighted by molar-refractivity contribution is 0.876. The molecule has 6 nitrogen and oxygen atoms in total. The van der Waals surface area contributed by atoms with Gasteiger partial charge in [0.15, 0.2) is 5.65 Å². The Morgan fingerprint density at radius 2 is 1.86 bits per heavy atom. The maximum atomic E-state index is 6.16. The van der Waals surface area contributed by atoms with E-state index in [1.165, 1.54) is 0 Å². The minimum Gasteiger partial charge on any atom is -0.364 e. The van der Waals surface area contributed by atoms with E-state index in [1.54, 1.807) is 10.7 Å². The van der Waals surface area contributed by atoms with Crippen LogP contribution in [0.5, 0.6) is 0 Å². The summed E-state index contributed by atoms with van der Waals surface area (Å²) in [5.41, 5.74) is 4.10. The smallest absolute Gasteiger partial charge is 0.186 e. The van der Waals surface area contributed by atoms with Crippen molar-refractivity contribution in [3.63, 3.8) is 0 Å². The van der Waals surface area contributed by atoms with Crippen LogP contribution < -0.4 is 5.32 Å². The highest BCUT2D eigenvalue weighted by molar-refractivity contribution is 6.30. The number of benzene rings is 2. The number of aromatic nitrogens is 5. The highest BCUT2D eigenvalue weighted by Gasteiger charge is 2.15. The van der Waals surface area contributed by atoms with E-state index in [1.807, 2.05) is 66.7 Å². The van der Waals surface area contributed by atoms with Gasteiger partial charge in [-0.05, 0) is 36.4 Å². The molecule has 1 N–H and O–H groups in total. The molecule has 5 aromatic rings. The summed E-state index contributed by atoms with van der Waals surface area (Å²) in [6.45, 7) is 0.571. The van der Waals surface area contributed by atoms with Gasteiger partial charge >= 0.3 is 0 Å². The molecular formula is C21H15ClN6. The molecule has 0 radical (unpaired) electrons. The van der Waals surface area contributed by atoms with Crippen LogP contribution >= 0.6 is 11.6 Å². The second-order valence-electron chi connectivity index (χ2n) is 6.34. The Labute approximate surface area is 165 Å². The molecule has 5 rings (SSSR count). The molecule has 0 aliphatic heterocycles. The summed E-state index contributed by atoms with van der Waals surface area (Å²) >= 11 is 6.16. The van der Waals surface area contributed by atoms with E-state index in [9.17, 15) is 0 Å². The minimum absolute atomic E-state index is 0.571. The SMILES string of the molecule is Clc1cccc(-c2nnn3c2nc(NCc2ccccn2)c2ccccc23)c1. The van der Waals surface area contributed by atoms with E-state index in [0.29, 0.717) is 22.9 Å². The molecule has 0 aliphatic rings. The van der Waals surface area contributed by atoms with Crippen LogP contribution in [-0.4, -0.2) is 24.8 Å². The summed E-state index contributed by atoms with van der Waals surface area (Å²) in [5, 5.41) is 13.7. The summed E-state index contributed by atoms with van der Waals surface area (Å²) in [5.74, 6) is 0.763. The van der Waals surface area contributed by atoms with Gasteiger partial charge < -0.3 is 5.32 Å². The van der Waals surface area contributed by atoms with E-state index in [0.717, 1.165) is 28.0 Å². The fourth-order valence-electron chi connectivity index (χ4n) is 3.20. The number of anilines is 1. The number of hydrogen-bond acceptors (Lipinski definition) is 5. The van der Waals surface area contributed by atoms with Gasteiger partial charge in [0.1, 0.15) is 11.5 Å². The van der Waals surface area contributed by atoms with Gasteiger partial charge in [-0.15, -0.1) is 5.10 Å². The fourth-order valence-corrected chi connectivity index (χ4v) is 3.39. The Kier molecular flexibility index (Phi) is 4.10. The van der Waals surface area contributed by atoms with Crippen LogP contribution in [0.2, 0.25) is 5.02 Å². The van der Waals surface area contributed by atoms with Crippen molar-refractivity contribution in [3.8, 4) is 11.3 Å². The summed E-state index contributed by atoms with van der Waals surface area (Å²) in [6.07, 6.45) is 1.78. The highest BCUT2D eigenvalue weighted by Crippen LogP contribution is 2.29. The number of rotatable bonds is 4. The molecule has 0 amide bonds. The first-order valence-electron chi connectivity index (χ1n) is 8.83. The lowest BCUT2D eigenvalue weighted by Crippen LogP contribution is -2.05. The minimum atomic E-state index is 0.571. The van der Waals surface area contributed by atoms with Crippen molar-refractivity contribution in [2.45, 2.75) is 6.54 Å². The zero-order valence-electron chi connectivity index (χ0n) is 14.7. The number of hydrogen-bond donors (Lipinski definition) is 1. The second kappa shape index (κ2) is 6.90. The monoisotopic (exact) mass is 386 g/mol. The Morgan fingerprint density at radius 1 is 0.964 bits per heavy atom. The van der Waals surface area contributed by atoms with Crippen LogP contribution in [-0.2, 0) is 6.54 Å². The molecule has 0 aliphatic carbocycles. The molecule has 3 aromatic heterocycles. The number of fused-ring (bicyclic) bond motifs is 3. The van der Waals surface area contributed by atoms with Crippen LogP contribution in [0.4, 0.5) is 5.82 Å². The first kappa shape index (κ1) is 16.6. The van der Waals surface area contributed by atoms with Crippen molar-refractivity contribution < 1.29 is 0 Å². The van der Waals surface area contributed by atoms with Crippen molar-refractivity contribution in [1.29, 1.82) is 0 Å².